The normalized spacial score (nSPS) is 49.7. The Bertz CT molecular complexity index is 481. The molecular formula is C27H46F2. The molecule has 0 amide bonds. The van der Waals surface area contributed by atoms with Crippen LogP contribution in [0.1, 0.15) is 110 Å². The maximum absolute atomic E-state index is 15.3. The zero-order chi connectivity index (χ0) is 20.4. The Hall–Kier alpha value is -0.140. The number of halogens is 2. The van der Waals surface area contributed by atoms with Gasteiger partial charge in [0.25, 0.3) is 0 Å². The average Bonchev–Trinajstić information content (AvgIpc) is 2.77. The topological polar surface area (TPSA) is 0 Å². The van der Waals surface area contributed by atoms with Gasteiger partial charge in [0.2, 0.25) is 0 Å². The molecule has 168 valence electrons. The van der Waals surface area contributed by atoms with Crippen LogP contribution in [0.4, 0.5) is 8.78 Å². The Morgan fingerprint density at radius 3 is 1.34 bits per heavy atom. The molecule has 4 saturated carbocycles. The van der Waals surface area contributed by atoms with E-state index < -0.39 is 12.3 Å². The second kappa shape index (κ2) is 9.99. The molecule has 0 heterocycles. The number of alkyl halides is 2. The van der Waals surface area contributed by atoms with Crippen molar-refractivity contribution in [2.75, 3.05) is 0 Å². The summed E-state index contributed by atoms with van der Waals surface area (Å²) in [6, 6.07) is 0. The van der Waals surface area contributed by atoms with Crippen molar-refractivity contribution in [2.24, 2.45) is 47.3 Å². The van der Waals surface area contributed by atoms with Crippen LogP contribution in [0.2, 0.25) is 0 Å². The van der Waals surface area contributed by atoms with Crippen molar-refractivity contribution in [1.29, 1.82) is 0 Å². The summed E-state index contributed by atoms with van der Waals surface area (Å²) in [5.41, 5.74) is 0. The lowest BCUT2D eigenvalue weighted by atomic mass is 9.62. The first-order valence-corrected chi connectivity index (χ1v) is 13.3. The Balaban J connectivity index is 1.25. The Morgan fingerprint density at radius 2 is 0.897 bits per heavy atom. The van der Waals surface area contributed by atoms with Gasteiger partial charge in [0, 0.05) is 0 Å². The lowest BCUT2D eigenvalue weighted by Gasteiger charge is -2.45. The highest BCUT2D eigenvalue weighted by molar-refractivity contribution is 4.95. The molecule has 0 N–H and O–H groups in total. The molecule has 0 aromatic carbocycles. The fourth-order valence-electron chi connectivity index (χ4n) is 7.99. The summed E-state index contributed by atoms with van der Waals surface area (Å²) in [6.45, 7) is 4.65. The summed E-state index contributed by atoms with van der Waals surface area (Å²) in [5, 5.41) is 0. The minimum absolute atomic E-state index is 0.0128. The van der Waals surface area contributed by atoms with Crippen LogP contribution in [0.3, 0.4) is 0 Å². The molecule has 4 fully saturated rings. The molecule has 0 aromatic heterocycles. The van der Waals surface area contributed by atoms with Crippen LogP contribution in [0, 0.1) is 47.3 Å². The van der Waals surface area contributed by atoms with Crippen LogP contribution >= 0.6 is 0 Å². The molecule has 4 rings (SSSR count). The maximum atomic E-state index is 15.3. The first-order valence-electron chi connectivity index (χ1n) is 13.3. The highest BCUT2D eigenvalue weighted by Gasteiger charge is 2.46. The highest BCUT2D eigenvalue weighted by Crippen LogP contribution is 2.49. The smallest absolute Gasteiger partial charge is 0.134 e. The van der Waals surface area contributed by atoms with Crippen molar-refractivity contribution in [3.05, 3.63) is 0 Å². The Morgan fingerprint density at radius 1 is 0.517 bits per heavy atom. The summed E-state index contributed by atoms with van der Waals surface area (Å²) < 4.78 is 30.5. The van der Waals surface area contributed by atoms with Gasteiger partial charge in [-0.05, 0) is 112 Å². The first-order chi connectivity index (χ1) is 14.1. The van der Waals surface area contributed by atoms with Gasteiger partial charge in [-0.25, -0.2) is 8.78 Å². The standard InChI is InChI=1S/C27H46F2/c1-3-19-6-10-20(11-7-19)21-12-14-23(15-13-21)25-17-16-24(26(28)27(25)29)22-8-4-18(2)5-9-22/h18-27H,3-17H2,1-2H3. The van der Waals surface area contributed by atoms with Gasteiger partial charge in [0.1, 0.15) is 12.3 Å². The van der Waals surface area contributed by atoms with E-state index in [0.717, 1.165) is 49.4 Å². The van der Waals surface area contributed by atoms with Gasteiger partial charge in [0.15, 0.2) is 0 Å². The summed E-state index contributed by atoms with van der Waals surface area (Å²) in [5.74, 6) is 4.50. The fraction of sp³-hybridized carbons (Fsp3) is 1.00. The number of hydrogen-bond acceptors (Lipinski definition) is 0. The summed E-state index contributed by atoms with van der Waals surface area (Å²) in [4.78, 5) is 0. The predicted octanol–water partition coefficient (Wildman–Crippen LogP) is 8.54. The van der Waals surface area contributed by atoms with Crippen LogP contribution in [0.5, 0.6) is 0 Å². The highest BCUT2D eigenvalue weighted by atomic mass is 19.2. The molecule has 4 aliphatic carbocycles. The zero-order valence-corrected chi connectivity index (χ0v) is 19.1. The van der Waals surface area contributed by atoms with Crippen LogP contribution in [-0.4, -0.2) is 12.3 Å². The lowest BCUT2D eigenvalue weighted by molar-refractivity contribution is -0.0384. The molecule has 2 heteroatoms. The van der Waals surface area contributed by atoms with Gasteiger partial charge in [-0.3, -0.25) is 0 Å². The Labute approximate surface area is 179 Å². The largest absolute Gasteiger partial charge is 0.244 e. The van der Waals surface area contributed by atoms with Crippen LogP contribution in [0.25, 0.3) is 0 Å². The third-order valence-corrected chi connectivity index (χ3v) is 10.2. The molecular weight excluding hydrogens is 362 g/mol. The van der Waals surface area contributed by atoms with E-state index in [0.29, 0.717) is 11.8 Å². The first kappa shape index (κ1) is 22.1. The molecule has 0 nitrogen and oxygen atoms in total. The van der Waals surface area contributed by atoms with E-state index in [1.54, 1.807) is 0 Å². The Kier molecular flexibility index (Phi) is 7.60. The third-order valence-electron chi connectivity index (χ3n) is 10.2. The summed E-state index contributed by atoms with van der Waals surface area (Å²) >= 11 is 0. The molecule has 0 aliphatic heterocycles. The second-order valence-electron chi connectivity index (χ2n) is 11.7. The minimum Gasteiger partial charge on any atom is -0.244 e. The summed E-state index contributed by atoms with van der Waals surface area (Å²) in [7, 11) is 0. The van der Waals surface area contributed by atoms with Gasteiger partial charge in [-0.2, -0.15) is 0 Å². The molecule has 4 aliphatic rings. The van der Waals surface area contributed by atoms with E-state index in [4.69, 9.17) is 0 Å². The van der Waals surface area contributed by atoms with Gasteiger partial charge in [-0.1, -0.05) is 46.0 Å². The van der Waals surface area contributed by atoms with Crippen LogP contribution < -0.4 is 0 Å². The molecule has 4 atom stereocenters. The second-order valence-corrected chi connectivity index (χ2v) is 11.7. The molecule has 0 radical (unpaired) electrons. The van der Waals surface area contributed by atoms with E-state index in [2.05, 4.69) is 13.8 Å². The zero-order valence-electron chi connectivity index (χ0n) is 19.1. The number of rotatable bonds is 4. The quantitative estimate of drug-likeness (QED) is 0.437. The predicted molar refractivity (Wildman–Crippen MR) is 118 cm³/mol. The van der Waals surface area contributed by atoms with E-state index in [1.807, 2.05) is 0 Å². The average molecular weight is 409 g/mol. The van der Waals surface area contributed by atoms with Gasteiger partial charge >= 0.3 is 0 Å². The molecule has 0 bridgehead atoms. The van der Waals surface area contributed by atoms with E-state index in [9.17, 15) is 0 Å². The van der Waals surface area contributed by atoms with Crippen LogP contribution in [0.15, 0.2) is 0 Å². The van der Waals surface area contributed by atoms with Crippen molar-refractivity contribution >= 4 is 0 Å². The van der Waals surface area contributed by atoms with Crippen molar-refractivity contribution in [3.63, 3.8) is 0 Å². The third kappa shape index (κ3) is 5.03. The molecule has 0 aromatic rings. The maximum Gasteiger partial charge on any atom is 0.134 e. The molecule has 4 unspecified atom stereocenters. The van der Waals surface area contributed by atoms with Gasteiger partial charge in [0.05, 0.1) is 0 Å². The van der Waals surface area contributed by atoms with Gasteiger partial charge in [-0.15, -0.1) is 0 Å². The molecule has 0 saturated heterocycles. The van der Waals surface area contributed by atoms with Crippen molar-refractivity contribution in [3.8, 4) is 0 Å². The fourth-order valence-corrected chi connectivity index (χ4v) is 7.99. The summed E-state index contributed by atoms with van der Waals surface area (Å²) in [6.07, 6.45) is 16.2. The van der Waals surface area contributed by atoms with Gasteiger partial charge < -0.3 is 0 Å². The van der Waals surface area contributed by atoms with Crippen molar-refractivity contribution in [2.45, 2.75) is 123 Å². The van der Waals surface area contributed by atoms with E-state index in [-0.39, 0.29) is 11.8 Å². The van der Waals surface area contributed by atoms with Crippen LogP contribution in [-0.2, 0) is 0 Å². The minimum atomic E-state index is -1.19. The molecule has 29 heavy (non-hydrogen) atoms. The van der Waals surface area contributed by atoms with Crippen molar-refractivity contribution < 1.29 is 8.78 Å². The monoisotopic (exact) mass is 408 g/mol. The van der Waals surface area contributed by atoms with E-state index >= 15 is 8.78 Å². The number of hydrogen-bond donors (Lipinski definition) is 0. The van der Waals surface area contributed by atoms with E-state index in [1.165, 1.54) is 70.6 Å². The molecule has 0 spiro atoms. The lowest BCUT2D eigenvalue weighted by Crippen LogP contribution is -2.45. The van der Waals surface area contributed by atoms with Crippen molar-refractivity contribution in [1.82, 2.24) is 0 Å². The SMILES string of the molecule is CCC1CCC(C2CCC(C3CCC(C4CCC(C)CC4)C(F)C3F)CC2)CC1.